The van der Waals surface area contributed by atoms with Crippen LogP contribution in [0.5, 0.6) is 0 Å². The van der Waals surface area contributed by atoms with Gasteiger partial charge in [0, 0.05) is 18.8 Å². The van der Waals surface area contributed by atoms with E-state index in [1.165, 1.54) is 15.8 Å². The number of carbonyl (C=O) groups excluding carboxylic acids is 1. The first kappa shape index (κ1) is 29.3. The molecule has 0 radical (unpaired) electrons. The molecule has 0 unspecified atom stereocenters. The molecule has 0 spiro atoms. The number of amides is 2. The molecule has 2 aromatic heterocycles. The minimum Gasteiger partial charge on any atom is -0.465 e. The molecule has 2 aliphatic carbocycles. The van der Waals surface area contributed by atoms with Crippen LogP contribution in [0.1, 0.15) is 64.0 Å². The highest BCUT2D eigenvalue weighted by molar-refractivity contribution is 6.31. The van der Waals surface area contributed by atoms with E-state index in [1.807, 2.05) is 43.0 Å². The zero-order chi connectivity index (χ0) is 31.0. The fourth-order valence-electron chi connectivity index (χ4n) is 7.21. The second kappa shape index (κ2) is 10.3. The van der Waals surface area contributed by atoms with Crippen LogP contribution in [0.4, 0.5) is 4.79 Å². The Labute approximate surface area is 260 Å². The van der Waals surface area contributed by atoms with Gasteiger partial charge in [-0.05, 0) is 82.1 Å². The van der Waals surface area contributed by atoms with Gasteiger partial charge in [-0.2, -0.15) is 0 Å². The van der Waals surface area contributed by atoms with Crippen LogP contribution in [0.3, 0.4) is 0 Å². The Morgan fingerprint density at radius 2 is 1.77 bits per heavy atom. The van der Waals surface area contributed by atoms with Crippen molar-refractivity contribution in [1.82, 2.24) is 23.9 Å². The van der Waals surface area contributed by atoms with E-state index in [-0.39, 0.29) is 36.6 Å². The minimum absolute atomic E-state index is 0.0857. The zero-order valence-corrected chi connectivity index (χ0v) is 25.8. The number of aromatic nitrogens is 3. The highest BCUT2D eigenvalue weighted by Gasteiger charge is 2.60. The van der Waals surface area contributed by atoms with E-state index in [0.717, 1.165) is 31.2 Å². The standard InChI is InChI=1S/C32H38ClN5O6/c1-30(2)17-37(29(41)42)24(16-44-30)20-3-7-22(8-4-20)38-25(33)15-23-26(38)34-19-36(27(23)39)18-31(43)11-13-35(14-12-31)28(40)32(9-10-32)21-5-6-21/h3-4,7-8,15,19,21,24,43H,5-6,9-14,16-18H2,1-2H3,(H,41,42)/t24-/m0/s1. The molecule has 2 aliphatic heterocycles. The number of halogens is 1. The highest BCUT2D eigenvalue weighted by atomic mass is 35.5. The number of rotatable bonds is 6. The van der Waals surface area contributed by atoms with E-state index in [2.05, 4.69) is 4.98 Å². The van der Waals surface area contributed by atoms with Gasteiger partial charge in [-0.3, -0.25) is 23.6 Å². The first-order valence-corrected chi connectivity index (χ1v) is 15.8. The molecule has 2 N–H and O–H groups in total. The van der Waals surface area contributed by atoms with Gasteiger partial charge in [0.05, 0.1) is 47.7 Å². The van der Waals surface area contributed by atoms with Gasteiger partial charge in [-0.15, -0.1) is 0 Å². The van der Waals surface area contributed by atoms with Crippen molar-refractivity contribution in [3.63, 3.8) is 0 Å². The second-order valence-electron chi connectivity index (χ2n) is 13.8. The lowest BCUT2D eigenvalue weighted by molar-refractivity contribution is -0.142. The van der Waals surface area contributed by atoms with Gasteiger partial charge in [0.15, 0.2) is 5.65 Å². The van der Waals surface area contributed by atoms with Crippen molar-refractivity contribution in [1.29, 1.82) is 0 Å². The Morgan fingerprint density at radius 3 is 2.39 bits per heavy atom. The molecule has 1 atom stereocenters. The Balaban J connectivity index is 1.08. The Hall–Kier alpha value is -3.41. The number of carboxylic acid groups (broad SMARTS) is 1. The van der Waals surface area contributed by atoms with E-state index in [4.69, 9.17) is 16.3 Å². The van der Waals surface area contributed by atoms with Gasteiger partial charge >= 0.3 is 6.09 Å². The molecule has 2 amide bonds. The maximum absolute atomic E-state index is 13.5. The molecule has 1 aromatic carbocycles. The van der Waals surface area contributed by atoms with E-state index < -0.39 is 23.3 Å². The average molecular weight is 624 g/mol. The lowest BCUT2D eigenvalue weighted by Crippen LogP contribution is -2.51. The number of ether oxygens (including phenoxy) is 1. The number of hydrogen-bond donors (Lipinski definition) is 2. The van der Waals surface area contributed by atoms with E-state index in [1.54, 1.807) is 10.6 Å². The maximum Gasteiger partial charge on any atom is 0.407 e. The van der Waals surface area contributed by atoms with Crippen molar-refractivity contribution < 1.29 is 24.5 Å². The second-order valence-corrected chi connectivity index (χ2v) is 14.1. The molecule has 234 valence electrons. The monoisotopic (exact) mass is 623 g/mol. The molecule has 12 heteroatoms. The Bertz CT molecular complexity index is 1680. The summed E-state index contributed by atoms with van der Waals surface area (Å²) >= 11 is 6.63. The summed E-state index contributed by atoms with van der Waals surface area (Å²) in [5.41, 5.74) is -0.260. The van der Waals surface area contributed by atoms with E-state index in [9.17, 15) is 24.6 Å². The lowest BCUT2D eigenvalue weighted by atomic mass is 9.89. The minimum atomic E-state index is -1.11. The number of carbonyl (C=O) groups is 2. The van der Waals surface area contributed by atoms with Crippen LogP contribution in [0, 0.1) is 11.3 Å². The van der Waals surface area contributed by atoms with Crippen molar-refractivity contribution >= 4 is 34.6 Å². The summed E-state index contributed by atoms with van der Waals surface area (Å²) in [6.45, 7) is 5.30. The molecule has 44 heavy (non-hydrogen) atoms. The fourth-order valence-corrected chi connectivity index (χ4v) is 7.50. The van der Waals surface area contributed by atoms with Crippen LogP contribution in [0.25, 0.3) is 16.7 Å². The molecule has 2 saturated carbocycles. The van der Waals surface area contributed by atoms with Gasteiger partial charge in [0.2, 0.25) is 5.91 Å². The summed E-state index contributed by atoms with van der Waals surface area (Å²) < 4.78 is 9.01. The Kier molecular flexibility index (Phi) is 6.87. The lowest BCUT2D eigenvalue weighted by Gasteiger charge is -2.42. The predicted molar refractivity (Wildman–Crippen MR) is 163 cm³/mol. The number of nitrogens with zero attached hydrogens (tertiary/aromatic N) is 5. The topological polar surface area (TPSA) is 130 Å². The van der Waals surface area contributed by atoms with Gasteiger partial charge < -0.3 is 19.8 Å². The Morgan fingerprint density at radius 1 is 1.09 bits per heavy atom. The molecule has 7 rings (SSSR count). The van der Waals surface area contributed by atoms with E-state index >= 15 is 0 Å². The molecule has 4 fully saturated rings. The number of likely N-dealkylation sites (tertiary alicyclic amines) is 1. The summed E-state index contributed by atoms with van der Waals surface area (Å²) in [5, 5.41) is 21.8. The molecule has 2 saturated heterocycles. The van der Waals surface area contributed by atoms with Crippen LogP contribution in [-0.4, -0.2) is 83.6 Å². The van der Waals surface area contributed by atoms with Crippen molar-refractivity contribution in [3.05, 3.63) is 57.7 Å². The number of fused-ring (bicyclic) bond motifs is 1. The highest BCUT2D eigenvalue weighted by Crippen LogP contribution is 2.62. The van der Waals surface area contributed by atoms with Crippen LogP contribution >= 0.6 is 11.6 Å². The van der Waals surface area contributed by atoms with Crippen LogP contribution in [0.15, 0.2) is 41.5 Å². The van der Waals surface area contributed by atoms with Crippen molar-refractivity contribution in [2.24, 2.45) is 11.3 Å². The molecule has 3 aromatic rings. The SMILES string of the molecule is CC1(C)CN(C(=O)O)[C@H](c2ccc(-n3c(Cl)cc4c(=O)n(CC5(O)CCN(C(=O)C6(C7CC7)CC6)CC5)cnc43)cc2)CO1. The van der Waals surface area contributed by atoms with Crippen molar-refractivity contribution in [3.8, 4) is 5.69 Å². The quantitative estimate of drug-likeness (QED) is 0.421. The average Bonchev–Trinajstić information content (AvgIpc) is 3.91. The summed E-state index contributed by atoms with van der Waals surface area (Å²) in [7, 11) is 0. The number of hydrogen-bond acceptors (Lipinski definition) is 6. The zero-order valence-electron chi connectivity index (χ0n) is 25.0. The van der Waals surface area contributed by atoms with Gasteiger partial charge in [-0.1, -0.05) is 23.7 Å². The van der Waals surface area contributed by atoms with Crippen molar-refractivity contribution in [2.75, 3.05) is 26.2 Å². The number of benzene rings is 1. The number of morpholine rings is 1. The van der Waals surface area contributed by atoms with Crippen LogP contribution in [0.2, 0.25) is 5.15 Å². The summed E-state index contributed by atoms with van der Waals surface area (Å²) in [6, 6.07) is 8.45. The number of aliphatic hydroxyl groups is 1. The molecular formula is C32H38ClN5O6. The maximum atomic E-state index is 13.5. The van der Waals surface area contributed by atoms with Gasteiger partial charge in [0.1, 0.15) is 11.5 Å². The van der Waals surface area contributed by atoms with Gasteiger partial charge in [-0.25, -0.2) is 9.78 Å². The molecular weight excluding hydrogens is 586 g/mol. The summed E-state index contributed by atoms with van der Waals surface area (Å²) in [4.78, 5) is 46.6. The predicted octanol–water partition coefficient (Wildman–Crippen LogP) is 4.21. The smallest absolute Gasteiger partial charge is 0.407 e. The molecule has 11 nitrogen and oxygen atoms in total. The van der Waals surface area contributed by atoms with Crippen LogP contribution < -0.4 is 5.56 Å². The van der Waals surface area contributed by atoms with Crippen LogP contribution in [-0.2, 0) is 16.1 Å². The summed E-state index contributed by atoms with van der Waals surface area (Å²) in [6.07, 6.45) is 5.53. The third-order valence-corrected chi connectivity index (χ3v) is 10.4. The fraction of sp³-hybridized carbons (Fsp3) is 0.562. The third-order valence-electron chi connectivity index (χ3n) is 10.1. The summed E-state index contributed by atoms with van der Waals surface area (Å²) in [5.74, 6) is 0.798. The first-order chi connectivity index (χ1) is 20.9. The first-order valence-electron chi connectivity index (χ1n) is 15.4. The third kappa shape index (κ3) is 5.08. The van der Waals surface area contributed by atoms with E-state index in [0.29, 0.717) is 53.7 Å². The normalized spacial score (nSPS) is 24.0. The van der Waals surface area contributed by atoms with Gasteiger partial charge in [0.25, 0.3) is 5.56 Å². The molecule has 4 heterocycles. The molecule has 4 aliphatic rings. The largest absolute Gasteiger partial charge is 0.465 e. The van der Waals surface area contributed by atoms with Crippen molar-refractivity contribution in [2.45, 2.75) is 76.2 Å². The number of piperidine rings is 1. The molecule has 0 bridgehead atoms.